The zero-order valence-electron chi connectivity index (χ0n) is 19.0. The lowest BCUT2D eigenvalue weighted by Gasteiger charge is -2.28. The number of aromatic nitrogens is 2. The maximum atomic E-state index is 13.8. The molecule has 3 fully saturated rings. The zero-order valence-corrected chi connectivity index (χ0v) is 19.0. The number of nitrogens with zero attached hydrogens (tertiary/aromatic N) is 4. The van der Waals surface area contributed by atoms with Gasteiger partial charge in [0.1, 0.15) is 0 Å². The number of hydrogen-bond acceptors (Lipinski definition) is 5. The number of fused-ring (bicyclic) bond motifs is 1. The molecule has 1 aromatic carbocycles. The Hall–Kier alpha value is -2.54. The summed E-state index contributed by atoms with van der Waals surface area (Å²) >= 11 is 0. The topological polar surface area (TPSA) is 59.8 Å². The second kappa shape index (κ2) is 7.51. The van der Waals surface area contributed by atoms with E-state index in [1.54, 1.807) is 0 Å². The average Bonchev–Trinajstić information content (AvgIpc) is 3.15. The summed E-state index contributed by atoms with van der Waals surface area (Å²) in [6.07, 6.45) is 7.56. The van der Waals surface area contributed by atoms with Crippen LogP contribution in [0.25, 0.3) is 0 Å². The van der Waals surface area contributed by atoms with E-state index < -0.39 is 0 Å². The van der Waals surface area contributed by atoms with Crippen LogP contribution < -0.4 is 9.47 Å². The minimum absolute atomic E-state index is 0.133. The molecular formula is C25H32N4O3. The molecule has 1 amide bonds. The van der Waals surface area contributed by atoms with Gasteiger partial charge in [-0.15, -0.1) is 0 Å². The third-order valence-corrected chi connectivity index (χ3v) is 7.75. The minimum atomic E-state index is -0.360. The van der Waals surface area contributed by atoms with Crippen molar-refractivity contribution in [1.82, 2.24) is 19.4 Å². The maximum absolute atomic E-state index is 13.8. The first kappa shape index (κ1) is 20.1. The van der Waals surface area contributed by atoms with Crippen LogP contribution in [0, 0.1) is 11.3 Å². The molecule has 1 saturated carbocycles. The van der Waals surface area contributed by atoms with E-state index in [0.29, 0.717) is 11.9 Å². The molecule has 3 aliphatic heterocycles. The molecule has 7 nitrogen and oxygen atoms in total. The molecule has 0 radical (unpaired) electrons. The van der Waals surface area contributed by atoms with Crippen molar-refractivity contribution in [2.24, 2.45) is 11.3 Å². The molecule has 1 spiro atoms. The summed E-state index contributed by atoms with van der Waals surface area (Å²) < 4.78 is 13.2. The molecule has 4 heterocycles. The number of likely N-dealkylation sites (tertiary alicyclic amines) is 2. The Balaban J connectivity index is 1.28. The Kier molecular flexibility index (Phi) is 4.72. The van der Waals surface area contributed by atoms with Crippen molar-refractivity contribution >= 4 is 5.91 Å². The predicted octanol–water partition coefficient (Wildman–Crippen LogP) is 3.42. The SMILES string of the molecule is CC(C)n1cnc([C@H]2CN(Cc3ccc4c(c3)OCO4)C[C@]23CCN(CC2CC2)C3=O)c1. The van der Waals surface area contributed by atoms with Gasteiger partial charge in [-0.05, 0) is 56.7 Å². The van der Waals surface area contributed by atoms with Crippen LogP contribution >= 0.6 is 0 Å². The van der Waals surface area contributed by atoms with E-state index in [-0.39, 0.29) is 18.1 Å². The number of carbonyl (C=O) groups excluding carboxylic acids is 1. The molecule has 2 aromatic rings. The smallest absolute Gasteiger partial charge is 0.231 e. The highest BCUT2D eigenvalue weighted by atomic mass is 16.7. The van der Waals surface area contributed by atoms with Gasteiger partial charge >= 0.3 is 0 Å². The first-order chi connectivity index (χ1) is 15.5. The van der Waals surface area contributed by atoms with Crippen LogP contribution in [0.3, 0.4) is 0 Å². The Bertz CT molecular complexity index is 1030. The van der Waals surface area contributed by atoms with Crippen LogP contribution in [-0.2, 0) is 11.3 Å². The lowest BCUT2D eigenvalue weighted by molar-refractivity contribution is -0.136. The molecule has 2 atom stereocenters. The molecule has 0 bridgehead atoms. The van der Waals surface area contributed by atoms with E-state index >= 15 is 0 Å². The van der Waals surface area contributed by atoms with Crippen molar-refractivity contribution in [1.29, 1.82) is 0 Å². The summed E-state index contributed by atoms with van der Waals surface area (Å²) in [5.41, 5.74) is 1.90. The number of benzene rings is 1. The fraction of sp³-hybridized carbons (Fsp3) is 0.600. The van der Waals surface area contributed by atoms with Gasteiger partial charge in [0.15, 0.2) is 11.5 Å². The fourth-order valence-corrected chi connectivity index (χ4v) is 5.73. The third-order valence-electron chi connectivity index (χ3n) is 7.75. The van der Waals surface area contributed by atoms with Gasteiger partial charge in [0.2, 0.25) is 12.7 Å². The molecule has 1 aromatic heterocycles. The highest BCUT2D eigenvalue weighted by molar-refractivity contribution is 5.87. The number of amides is 1. The predicted molar refractivity (Wildman–Crippen MR) is 120 cm³/mol. The van der Waals surface area contributed by atoms with Crippen LogP contribution in [0.2, 0.25) is 0 Å². The molecule has 0 unspecified atom stereocenters. The number of carbonyl (C=O) groups is 1. The third kappa shape index (κ3) is 3.38. The molecule has 0 N–H and O–H groups in total. The largest absolute Gasteiger partial charge is 0.454 e. The van der Waals surface area contributed by atoms with Gasteiger partial charge in [-0.3, -0.25) is 9.69 Å². The van der Waals surface area contributed by atoms with Crippen molar-refractivity contribution in [2.45, 2.75) is 51.6 Å². The van der Waals surface area contributed by atoms with Gasteiger partial charge in [0, 0.05) is 50.9 Å². The summed E-state index contributed by atoms with van der Waals surface area (Å²) in [5, 5.41) is 0. The summed E-state index contributed by atoms with van der Waals surface area (Å²) in [7, 11) is 0. The lowest BCUT2D eigenvalue weighted by atomic mass is 9.75. The summed E-state index contributed by atoms with van der Waals surface area (Å²) in [6.45, 7) is 8.89. The van der Waals surface area contributed by atoms with Gasteiger partial charge in [0.05, 0.1) is 17.4 Å². The Morgan fingerprint density at radius 2 is 2.06 bits per heavy atom. The summed E-state index contributed by atoms with van der Waals surface area (Å²) in [6, 6.07) is 6.54. The van der Waals surface area contributed by atoms with E-state index in [1.807, 2.05) is 12.4 Å². The van der Waals surface area contributed by atoms with Crippen molar-refractivity contribution < 1.29 is 14.3 Å². The molecule has 170 valence electrons. The molecule has 32 heavy (non-hydrogen) atoms. The number of ether oxygens (including phenoxy) is 2. The molecular weight excluding hydrogens is 404 g/mol. The van der Waals surface area contributed by atoms with Crippen molar-refractivity contribution in [2.75, 3.05) is 33.0 Å². The number of imidazole rings is 1. The Morgan fingerprint density at radius 1 is 1.22 bits per heavy atom. The van der Waals surface area contributed by atoms with Gasteiger partial charge in [0.25, 0.3) is 0 Å². The number of rotatable bonds is 6. The summed E-state index contributed by atoms with van der Waals surface area (Å²) in [5.74, 6) is 2.83. The zero-order chi connectivity index (χ0) is 21.9. The second-order valence-electron chi connectivity index (χ2n) is 10.4. The van der Waals surface area contributed by atoms with E-state index in [2.05, 4.69) is 46.5 Å². The van der Waals surface area contributed by atoms with E-state index in [9.17, 15) is 4.79 Å². The molecule has 2 saturated heterocycles. The van der Waals surface area contributed by atoms with Crippen molar-refractivity contribution in [3.8, 4) is 11.5 Å². The van der Waals surface area contributed by atoms with Crippen LogP contribution in [0.1, 0.15) is 56.3 Å². The Labute approximate surface area is 189 Å². The van der Waals surface area contributed by atoms with E-state index in [4.69, 9.17) is 14.5 Å². The fourth-order valence-electron chi connectivity index (χ4n) is 5.73. The van der Waals surface area contributed by atoms with Crippen LogP contribution in [0.4, 0.5) is 0 Å². The van der Waals surface area contributed by atoms with Gasteiger partial charge in [-0.25, -0.2) is 4.98 Å². The number of hydrogen-bond donors (Lipinski definition) is 0. The van der Waals surface area contributed by atoms with Crippen molar-refractivity contribution in [3.63, 3.8) is 0 Å². The van der Waals surface area contributed by atoms with Crippen molar-refractivity contribution in [3.05, 3.63) is 42.0 Å². The molecule has 7 heteroatoms. The van der Waals surface area contributed by atoms with Crippen LogP contribution in [0.15, 0.2) is 30.7 Å². The first-order valence-corrected chi connectivity index (χ1v) is 12.0. The highest BCUT2D eigenvalue weighted by Gasteiger charge is 2.58. The quantitative estimate of drug-likeness (QED) is 0.695. The monoisotopic (exact) mass is 436 g/mol. The molecule has 6 rings (SSSR count). The van der Waals surface area contributed by atoms with Crippen LogP contribution in [-0.4, -0.2) is 58.2 Å². The Morgan fingerprint density at radius 3 is 2.84 bits per heavy atom. The standard InChI is InChI=1S/C25H32N4O3/c1-17(2)29-13-21(26-15-29)20-12-27(10-19-5-6-22-23(9-19)32-16-31-22)14-25(20)7-8-28(24(25)30)11-18-3-4-18/h5-6,9,13,15,17-18,20H,3-4,7-8,10-12,14,16H2,1-2H3/t20-,25-/m1/s1. The lowest BCUT2D eigenvalue weighted by Crippen LogP contribution is -2.40. The maximum Gasteiger partial charge on any atom is 0.231 e. The second-order valence-corrected chi connectivity index (χ2v) is 10.4. The summed E-state index contributed by atoms with van der Waals surface area (Å²) in [4.78, 5) is 23.2. The average molecular weight is 437 g/mol. The van der Waals surface area contributed by atoms with Gasteiger partial charge < -0.3 is 18.9 Å². The molecule has 1 aliphatic carbocycles. The normalized spacial score (nSPS) is 27.4. The highest BCUT2D eigenvalue weighted by Crippen LogP contribution is 2.50. The van der Waals surface area contributed by atoms with E-state index in [1.165, 1.54) is 18.4 Å². The first-order valence-electron chi connectivity index (χ1n) is 12.0. The van der Waals surface area contributed by atoms with Gasteiger partial charge in [-0.1, -0.05) is 6.07 Å². The molecule has 4 aliphatic rings. The van der Waals surface area contributed by atoms with E-state index in [0.717, 1.165) is 62.3 Å². The van der Waals surface area contributed by atoms with Gasteiger partial charge in [-0.2, -0.15) is 0 Å². The van der Waals surface area contributed by atoms with Crippen LogP contribution in [0.5, 0.6) is 11.5 Å². The minimum Gasteiger partial charge on any atom is -0.454 e.